The first-order valence-corrected chi connectivity index (χ1v) is 4.80. The van der Waals surface area contributed by atoms with Crippen molar-refractivity contribution in [1.82, 2.24) is 14.7 Å². The van der Waals surface area contributed by atoms with Crippen LogP contribution in [0, 0.1) is 0 Å². The van der Waals surface area contributed by atoms with E-state index >= 15 is 0 Å². The molecule has 1 aromatic rings. The molecule has 6 nitrogen and oxygen atoms in total. The van der Waals surface area contributed by atoms with Crippen molar-refractivity contribution in [2.24, 2.45) is 0 Å². The van der Waals surface area contributed by atoms with Crippen LogP contribution in [0.3, 0.4) is 0 Å². The van der Waals surface area contributed by atoms with Crippen LogP contribution < -0.4 is 4.72 Å². The van der Waals surface area contributed by atoms with Gasteiger partial charge in [0.2, 0.25) is 5.91 Å². The van der Waals surface area contributed by atoms with Crippen LogP contribution in [0.5, 0.6) is 0 Å². The first kappa shape index (κ1) is 9.59. The lowest BCUT2D eigenvalue weighted by Gasteiger charge is -2.01. The first-order chi connectivity index (χ1) is 6.02. The van der Waals surface area contributed by atoms with Gasteiger partial charge in [0.15, 0.2) is 5.03 Å². The number of carbonyl (C=O) groups is 1. The molecule has 70 valence electrons. The highest BCUT2D eigenvalue weighted by atomic mass is 32.2. The van der Waals surface area contributed by atoms with Gasteiger partial charge in [0, 0.05) is 19.3 Å². The zero-order valence-electron chi connectivity index (χ0n) is 6.76. The van der Waals surface area contributed by atoms with E-state index in [0.717, 1.165) is 13.1 Å². The molecule has 0 radical (unpaired) electrons. The van der Waals surface area contributed by atoms with E-state index in [2.05, 4.69) is 9.97 Å². The second kappa shape index (κ2) is 3.48. The molecule has 0 aliphatic carbocycles. The Kier molecular flexibility index (Phi) is 2.57. The molecule has 0 unspecified atom stereocenters. The standard InChI is InChI=1S/C6H7N3O3S/c1-5(10)9-13(11,12)6-4-7-2-3-8-6/h2-4H,1H3,(H,9,10). The maximum Gasteiger partial charge on any atom is 0.283 e. The van der Waals surface area contributed by atoms with Crippen LogP contribution in [0.2, 0.25) is 0 Å². The summed E-state index contributed by atoms with van der Waals surface area (Å²) in [5.74, 6) is -0.661. The highest BCUT2D eigenvalue weighted by Gasteiger charge is 2.16. The van der Waals surface area contributed by atoms with Crippen LogP contribution in [0.15, 0.2) is 23.6 Å². The Bertz CT molecular complexity index is 400. The van der Waals surface area contributed by atoms with Gasteiger partial charge in [-0.2, -0.15) is 8.42 Å². The zero-order valence-corrected chi connectivity index (χ0v) is 7.58. The number of hydrogen-bond donors (Lipinski definition) is 1. The first-order valence-electron chi connectivity index (χ1n) is 3.32. The maximum atomic E-state index is 11.2. The Balaban J connectivity index is 3.02. The van der Waals surface area contributed by atoms with Crippen molar-refractivity contribution >= 4 is 15.9 Å². The molecule has 7 heteroatoms. The molecule has 1 heterocycles. The number of aromatic nitrogens is 2. The number of amides is 1. The van der Waals surface area contributed by atoms with E-state index in [0.29, 0.717) is 0 Å². The predicted octanol–water partition coefficient (Wildman–Crippen LogP) is -0.699. The normalized spacial score (nSPS) is 10.8. The summed E-state index contributed by atoms with van der Waals surface area (Å²) in [6, 6.07) is 0. The summed E-state index contributed by atoms with van der Waals surface area (Å²) in [7, 11) is -3.83. The van der Waals surface area contributed by atoms with Gasteiger partial charge >= 0.3 is 0 Å². The molecule has 0 fully saturated rings. The summed E-state index contributed by atoms with van der Waals surface area (Å²) in [5, 5.41) is -0.273. The minimum absolute atomic E-state index is 0.273. The zero-order chi connectivity index (χ0) is 9.90. The van der Waals surface area contributed by atoms with Crippen molar-refractivity contribution in [3.8, 4) is 0 Å². The fraction of sp³-hybridized carbons (Fsp3) is 0.167. The Morgan fingerprint density at radius 2 is 2.15 bits per heavy atom. The van der Waals surface area contributed by atoms with Gasteiger partial charge in [-0.15, -0.1) is 0 Å². The summed E-state index contributed by atoms with van der Waals surface area (Å²) in [4.78, 5) is 17.6. The quantitative estimate of drug-likeness (QED) is 0.683. The molecule has 0 saturated heterocycles. The molecular weight excluding hydrogens is 194 g/mol. The molecule has 0 aliphatic heterocycles. The highest BCUT2D eigenvalue weighted by Crippen LogP contribution is 1.99. The van der Waals surface area contributed by atoms with Gasteiger partial charge in [0.1, 0.15) is 0 Å². The topological polar surface area (TPSA) is 89.0 Å². The number of sulfonamides is 1. The number of hydrogen-bond acceptors (Lipinski definition) is 5. The summed E-state index contributed by atoms with van der Waals surface area (Å²) in [6.07, 6.45) is 3.63. The lowest BCUT2D eigenvalue weighted by molar-refractivity contribution is -0.117. The van der Waals surface area contributed by atoms with Crippen LogP contribution in [0.25, 0.3) is 0 Å². The average molecular weight is 201 g/mol. The Labute approximate surface area is 75.1 Å². The number of rotatable bonds is 2. The minimum atomic E-state index is -3.83. The van der Waals surface area contributed by atoms with E-state index in [9.17, 15) is 13.2 Å². The second-order valence-corrected chi connectivity index (χ2v) is 3.83. The van der Waals surface area contributed by atoms with Crippen molar-refractivity contribution in [2.75, 3.05) is 0 Å². The van der Waals surface area contributed by atoms with Crippen molar-refractivity contribution in [3.63, 3.8) is 0 Å². The summed E-state index contributed by atoms with van der Waals surface area (Å²) in [6.45, 7) is 1.11. The SMILES string of the molecule is CC(=O)NS(=O)(=O)c1cnccn1. The second-order valence-electron chi connectivity index (χ2n) is 2.21. The smallest absolute Gasteiger partial charge is 0.274 e. The van der Waals surface area contributed by atoms with Crippen molar-refractivity contribution < 1.29 is 13.2 Å². The third-order valence-electron chi connectivity index (χ3n) is 1.09. The molecule has 1 rings (SSSR count). The number of nitrogens with one attached hydrogen (secondary N) is 1. The average Bonchev–Trinajstić information content (AvgIpc) is 2.04. The van der Waals surface area contributed by atoms with Gasteiger partial charge in [-0.1, -0.05) is 0 Å². The summed E-state index contributed by atoms with van der Waals surface area (Å²) >= 11 is 0. The largest absolute Gasteiger partial charge is 0.283 e. The molecule has 0 bridgehead atoms. The molecule has 0 saturated carbocycles. The Morgan fingerprint density at radius 3 is 2.62 bits per heavy atom. The van der Waals surface area contributed by atoms with E-state index in [4.69, 9.17) is 0 Å². The van der Waals surface area contributed by atoms with E-state index < -0.39 is 15.9 Å². The summed E-state index contributed by atoms with van der Waals surface area (Å²) in [5.41, 5.74) is 0. The molecule has 13 heavy (non-hydrogen) atoms. The molecule has 0 aliphatic rings. The van der Waals surface area contributed by atoms with Crippen molar-refractivity contribution in [3.05, 3.63) is 18.6 Å². The third kappa shape index (κ3) is 2.48. The summed E-state index contributed by atoms with van der Waals surface area (Å²) < 4.78 is 24.2. The number of carbonyl (C=O) groups excluding carboxylic acids is 1. The molecule has 0 atom stereocenters. The lowest BCUT2D eigenvalue weighted by Crippen LogP contribution is -2.28. The van der Waals surface area contributed by atoms with E-state index in [1.165, 1.54) is 12.4 Å². The fourth-order valence-corrected chi connectivity index (χ4v) is 1.55. The van der Waals surface area contributed by atoms with Crippen LogP contribution in [-0.4, -0.2) is 24.3 Å². The molecule has 1 amide bonds. The Morgan fingerprint density at radius 1 is 1.46 bits per heavy atom. The van der Waals surface area contributed by atoms with Gasteiger partial charge in [-0.05, 0) is 0 Å². The Hall–Kier alpha value is -1.50. The van der Waals surface area contributed by atoms with Gasteiger partial charge in [0.25, 0.3) is 10.0 Å². The van der Waals surface area contributed by atoms with Gasteiger partial charge in [-0.3, -0.25) is 9.78 Å². The van der Waals surface area contributed by atoms with Crippen LogP contribution in [-0.2, 0) is 14.8 Å². The molecule has 1 N–H and O–H groups in total. The maximum absolute atomic E-state index is 11.2. The van der Waals surface area contributed by atoms with Gasteiger partial charge in [-0.25, -0.2) is 9.71 Å². The van der Waals surface area contributed by atoms with E-state index in [1.54, 1.807) is 4.72 Å². The van der Waals surface area contributed by atoms with Crippen LogP contribution >= 0.6 is 0 Å². The molecule has 0 spiro atoms. The van der Waals surface area contributed by atoms with Gasteiger partial charge in [0.05, 0.1) is 6.20 Å². The molecule has 0 aromatic carbocycles. The van der Waals surface area contributed by atoms with E-state index in [-0.39, 0.29) is 5.03 Å². The monoisotopic (exact) mass is 201 g/mol. The minimum Gasteiger partial charge on any atom is -0.274 e. The highest BCUT2D eigenvalue weighted by molar-refractivity contribution is 7.90. The third-order valence-corrected chi connectivity index (χ3v) is 2.41. The van der Waals surface area contributed by atoms with Crippen molar-refractivity contribution in [1.29, 1.82) is 0 Å². The fourth-order valence-electron chi connectivity index (χ4n) is 0.666. The number of nitrogens with zero attached hydrogens (tertiary/aromatic N) is 2. The van der Waals surface area contributed by atoms with E-state index in [1.807, 2.05) is 0 Å². The van der Waals surface area contributed by atoms with Crippen LogP contribution in [0.1, 0.15) is 6.92 Å². The molecular formula is C6H7N3O3S. The van der Waals surface area contributed by atoms with Crippen LogP contribution in [0.4, 0.5) is 0 Å². The predicted molar refractivity (Wildman–Crippen MR) is 43.0 cm³/mol. The lowest BCUT2D eigenvalue weighted by atomic mass is 10.8. The van der Waals surface area contributed by atoms with Crippen molar-refractivity contribution in [2.45, 2.75) is 11.9 Å². The van der Waals surface area contributed by atoms with Gasteiger partial charge < -0.3 is 0 Å². The molecule has 1 aromatic heterocycles.